The van der Waals surface area contributed by atoms with Crippen LogP contribution in [-0.2, 0) is 4.79 Å². The number of aromatic nitrogens is 1. The molecule has 0 N–H and O–H groups in total. The Morgan fingerprint density at radius 2 is 2.13 bits per heavy atom. The largest absolute Gasteiger partial charge is 0.351 e. The second-order valence-corrected chi connectivity index (χ2v) is 7.27. The summed E-state index contributed by atoms with van der Waals surface area (Å²) in [4.78, 5) is 28.4. The van der Waals surface area contributed by atoms with E-state index in [1.54, 1.807) is 0 Å². The van der Waals surface area contributed by atoms with Crippen molar-refractivity contribution < 1.29 is 14.1 Å². The first-order chi connectivity index (χ1) is 11.1. The second kappa shape index (κ2) is 5.35. The quantitative estimate of drug-likeness (QED) is 0.855. The van der Waals surface area contributed by atoms with Crippen molar-refractivity contribution in [2.24, 2.45) is 5.41 Å². The highest BCUT2D eigenvalue weighted by molar-refractivity contribution is 5.91. The molecule has 23 heavy (non-hydrogen) atoms. The van der Waals surface area contributed by atoms with Gasteiger partial charge in [0.1, 0.15) is 0 Å². The third-order valence-corrected chi connectivity index (χ3v) is 5.63. The number of carbonyl (C=O) groups is 2. The summed E-state index contributed by atoms with van der Waals surface area (Å²) in [6.45, 7) is 5.05. The maximum Gasteiger partial charge on any atom is 0.292 e. The SMILES string of the molecule is CCN1CC2(CCN(C(=O)c3cc(C4CC4)no3)CC2)CC1=O. The van der Waals surface area contributed by atoms with E-state index < -0.39 is 0 Å². The number of hydrogen-bond acceptors (Lipinski definition) is 4. The molecule has 1 saturated carbocycles. The van der Waals surface area contributed by atoms with Gasteiger partial charge in [0.2, 0.25) is 11.7 Å². The maximum atomic E-state index is 12.6. The van der Waals surface area contributed by atoms with Crippen molar-refractivity contribution in [3.8, 4) is 0 Å². The highest BCUT2D eigenvalue weighted by Gasteiger charge is 2.45. The van der Waals surface area contributed by atoms with E-state index in [1.807, 2.05) is 22.8 Å². The topological polar surface area (TPSA) is 66.7 Å². The number of rotatable bonds is 3. The Labute approximate surface area is 135 Å². The molecular weight excluding hydrogens is 294 g/mol. The minimum atomic E-state index is -0.0593. The first-order valence-corrected chi connectivity index (χ1v) is 8.64. The number of likely N-dealkylation sites (tertiary alicyclic amines) is 2. The lowest BCUT2D eigenvalue weighted by Gasteiger charge is -2.38. The number of carbonyl (C=O) groups excluding carboxylic acids is 2. The molecule has 3 heterocycles. The zero-order chi connectivity index (χ0) is 16.0. The molecule has 0 atom stereocenters. The molecule has 0 radical (unpaired) electrons. The predicted molar refractivity (Wildman–Crippen MR) is 82.9 cm³/mol. The third-order valence-electron chi connectivity index (χ3n) is 5.63. The second-order valence-electron chi connectivity index (χ2n) is 7.27. The summed E-state index contributed by atoms with van der Waals surface area (Å²) in [6.07, 6.45) is 4.72. The molecule has 2 aliphatic heterocycles. The van der Waals surface area contributed by atoms with Gasteiger partial charge in [0.25, 0.3) is 5.91 Å². The number of piperidine rings is 1. The summed E-state index contributed by atoms with van der Waals surface area (Å²) < 4.78 is 5.25. The van der Waals surface area contributed by atoms with E-state index in [1.165, 1.54) is 0 Å². The first kappa shape index (κ1) is 14.7. The summed E-state index contributed by atoms with van der Waals surface area (Å²) in [5.41, 5.74) is 0.992. The van der Waals surface area contributed by atoms with Crippen LogP contribution in [-0.4, -0.2) is 52.9 Å². The molecule has 0 aromatic carbocycles. The van der Waals surface area contributed by atoms with Gasteiger partial charge in [0, 0.05) is 50.0 Å². The Kier molecular flexibility index (Phi) is 3.43. The maximum absolute atomic E-state index is 12.6. The van der Waals surface area contributed by atoms with Gasteiger partial charge in [-0.3, -0.25) is 9.59 Å². The van der Waals surface area contributed by atoms with E-state index in [0.717, 1.165) is 44.5 Å². The Morgan fingerprint density at radius 3 is 2.74 bits per heavy atom. The number of amides is 2. The normalized spacial score (nSPS) is 23.8. The molecule has 6 nitrogen and oxygen atoms in total. The number of hydrogen-bond donors (Lipinski definition) is 0. The van der Waals surface area contributed by atoms with Gasteiger partial charge >= 0.3 is 0 Å². The Bertz CT molecular complexity index is 627. The lowest BCUT2D eigenvalue weighted by Crippen LogP contribution is -2.44. The fourth-order valence-electron chi connectivity index (χ4n) is 3.91. The molecule has 0 bridgehead atoms. The van der Waals surface area contributed by atoms with Crippen molar-refractivity contribution >= 4 is 11.8 Å². The lowest BCUT2D eigenvalue weighted by atomic mass is 9.77. The van der Waals surface area contributed by atoms with E-state index in [2.05, 4.69) is 5.16 Å². The molecule has 4 rings (SSSR count). The molecule has 3 fully saturated rings. The van der Waals surface area contributed by atoms with E-state index in [0.29, 0.717) is 31.2 Å². The molecule has 124 valence electrons. The smallest absolute Gasteiger partial charge is 0.292 e. The summed E-state index contributed by atoms with van der Waals surface area (Å²) >= 11 is 0. The molecule has 1 aromatic rings. The number of nitrogens with zero attached hydrogens (tertiary/aromatic N) is 3. The zero-order valence-corrected chi connectivity index (χ0v) is 13.6. The molecule has 6 heteroatoms. The van der Waals surface area contributed by atoms with Crippen LogP contribution in [0.2, 0.25) is 0 Å². The van der Waals surface area contributed by atoms with Gasteiger partial charge in [0.05, 0.1) is 5.69 Å². The van der Waals surface area contributed by atoms with Crippen LogP contribution in [0.4, 0.5) is 0 Å². The van der Waals surface area contributed by atoms with Crippen molar-refractivity contribution in [2.75, 3.05) is 26.2 Å². The van der Waals surface area contributed by atoms with Crippen LogP contribution in [0.25, 0.3) is 0 Å². The zero-order valence-electron chi connectivity index (χ0n) is 13.6. The monoisotopic (exact) mass is 317 g/mol. The average Bonchev–Trinajstić information content (AvgIpc) is 3.21. The minimum Gasteiger partial charge on any atom is -0.351 e. The minimum absolute atomic E-state index is 0.0593. The van der Waals surface area contributed by atoms with Crippen molar-refractivity contribution in [3.05, 3.63) is 17.5 Å². The van der Waals surface area contributed by atoms with Gasteiger partial charge in [-0.2, -0.15) is 0 Å². The van der Waals surface area contributed by atoms with Crippen LogP contribution in [0.15, 0.2) is 10.6 Å². The van der Waals surface area contributed by atoms with Crippen molar-refractivity contribution in [3.63, 3.8) is 0 Å². The van der Waals surface area contributed by atoms with E-state index in [-0.39, 0.29) is 17.2 Å². The van der Waals surface area contributed by atoms with Gasteiger partial charge in [0.15, 0.2) is 0 Å². The van der Waals surface area contributed by atoms with Crippen LogP contribution < -0.4 is 0 Å². The molecule has 3 aliphatic rings. The summed E-state index contributed by atoms with van der Waals surface area (Å²) in [5.74, 6) is 1.06. The highest BCUT2D eigenvalue weighted by Crippen LogP contribution is 2.42. The summed E-state index contributed by atoms with van der Waals surface area (Å²) in [6, 6.07) is 1.81. The van der Waals surface area contributed by atoms with Crippen molar-refractivity contribution in [1.29, 1.82) is 0 Å². The highest BCUT2D eigenvalue weighted by atomic mass is 16.5. The predicted octanol–water partition coefficient (Wildman–Crippen LogP) is 2.03. The molecular formula is C17H23N3O3. The van der Waals surface area contributed by atoms with Crippen LogP contribution in [0.5, 0.6) is 0 Å². The Balaban J connectivity index is 1.39. The van der Waals surface area contributed by atoms with Crippen LogP contribution in [0.3, 0.4) is 0 Å². The lowest BCUT2D eigenvalue weighted by molar-refractivity contribution is -0.127. The van der Waals surface area contributed by atoms with Crippen LogP contribution >= 0.6 is 0 Å². The van der Waals surface area contributed by atoms with E-state index in [9.17, 15) is 9.59 Å². The molecule has 1 aromatic heterocycles. The van der Waals surface area contributed by atoms with Crippen molar-refractivity contribution in [2.45, 2.75) is 44.9 Å². The molecule has 2 saturated heterocycles. The molecule has 0 unspecified atom stereocenters. The fourth-order valence-corrected chi connectivity index (χ4v) is 3.91. The van der Waals surface area contributed by atoms with Crippen LogP contribution in [0, 0.1) is 5.41 Å². The molecule has 2 amide bonds. The van der Waals surface area contributed by atoms with Gasteiger partial charge in [-0.25, -0.2) is 0 Å². The Hall–Kier alpha value is -1.85. The molecule has 1 aliphatic carbocycles. The first-order valence-electron chi connectivity index (χ1n) is 8.64. The van der Waals surface area contributed by atoms with Crippen molar-refractivity contribution in [1.82, 2.24) is 15.0 Å². The van der Waals surface area contributed by atoms with Gasteiger partial charge in [-0.1, -0.05) is 5.16 Å². The Morgan fingerprint density at radius 1 is 1.39 bits per heavy atom. The average molecular weight is 317 g/mol. The van der Waals surface area contributed by atoms with Gasteiger partial charge in [-0.05, 0) is 32.6 Å². The van der Waals surface area contributed by atoms with Crippen LogP contribution in [0.1, 0.15) is 61.2 Å². The van der Waals surface area contributed by atoms with Gasteiger partial charge in [-0.15, -0.1) is 0 Å². The van der Waals surface area contributed by atoms with Gasteiger partial charge < -0.3 is 14.3 Å². The molecule has 1 spiro atoms. The van der Waals surface area contributed by atoms with E-state index >= 15 is 0 Å². The summed E-state index contributed by atoms with van der Waals surface area (Å²) in [7, 11) is 0. The standard InChI is InChI=1S/C17H23N3O3/c1-2-19-11-17(10-15(19)21)5-7-20(8-6-17)16(22)14-9-13(18-23-14)12-3-4-12/h9,12H,2-8,10-11H2,1H3. The summed E-state index contributed by atoms with van der Waals surface area (Å²) in [5, 5.41) is 4.02. The fraction of sp³-hybridized carbons (Fsp3) is 0.706. The van der Waals surface area contributed by atoms with E-state index in [4.69, 9.17) is 4.52 Å². The third kappa shape index (κ3) is 2.64.